The van der Waals surface area contributed by atoms with E-state index in [1.807, 2.05) is 6.92 Å². The molecule has 18 heavy (non-hydrogen) atoms. The number of rotatable bonds is 3. The van der Waals surface area contributed by atoms with Gasteiger partial charge in [-0.3, -0.25) is 4.90 Å². The van der Waals surface area contributed by atoms with Crippen LogP contribution in [0, 0.1) is 6.92 Å². The molecule has 0 spiro atoms. The van der Waals surface area contributed by atoms with Gasteiger partial charge in [0.05, 0.1) is 11.2 Å². The Balaban J connectivity index is 1.89. The normalized spacial score (nSPS) is 25.8. The van der Waals surface area contributed by atoms with E-state index in [0.29, 0.717) is 13.0 Å². The highest BCUT2D eigenvalue weighted by Gasteiger charge is 2.56. The first-order valence-corrected chi connectivity index (χ1v) is 6.60. The molecule has 1 fully saturated rings. The van der Waals surface area contributed by atoms with Crippen LogP contribution in [0.25, 0.3) is 0 Å². The molecule has 2 rings (SSSR count). The molecule has 1 aliphatic rings. The first-order chi connectivity index (χ1) is 8.32. The van der Waals surface area contributed by atoms with Gasteiger partial charge in [-0.25, -0.2) is 4.98 Å². The quantitative estimate of drug-likeness (QED) is 0.920. The predicted molar refractivity (Wildman–Crippen MR) is 62.6 cm³/mol. The number of halogens is 3. The average molecular weight is 280 g/mol. The molecule has 0 bridgehead atoms. The van der Waals surface area contributed by atoms with Crippen molar-refractivity contribution in [1.29, 1.82) is 0 Å². The number of β-amino-alcohol motifs (C(OH)–C–C–N with tert-alkyl or cyclic N) is 1. The maximum Gasteiger partial charge on any atom is 0.418 e. The average Bonchev–Trinajstić information content (AvgIpc) is 2.82. The van der Waals surface area contributed by atoms with Crippen molar-refractivity contribution >= 4 is 11.3 Å². The lowest BCUT2D eigenvalue weighted by atomic mass is 10.0. The Bertz CT molecular complexity index is 421. The van der Waals surface area contributed by atoms with E-state index in [1.54, 1.807) is 10.4 Å². The molecule has 1 aromatic rings. The summed E-state index contributed by atoms with van der Waals surface area (Å²) in [4.78, 5) is 6.85. The van der Waals surface area contributed by atoms with Gasteiger partial charge in [-0.05, 0) is 19.8 Å². The molecule has 1 aliphatic heterocycles. The van der Waals surface area contributed by atoms with E-state index in [9.17, 15) is 18.3 Å². The van der Waals surface area contributed by atoms with Crippen LogP contribution < -0.4 is 0 Å². The second-order valence-corrected chi connectivity index (χ2v) is 5.61. The molecule has 3 nitrogen and oxygen atoms in total. The minimum atomic E-state index is -4.54. The summed E-state index contributed by atoms with van der Waals surface area (Å²) in [6, 6.07) is 0. The SMILES string of the molecule is Cc1ncsc1CCN1CCC(O)(C(F)(F)F)C1. The fourth-order valence-corrected chi connectivity index (χ4v) is 2.89. The number of hydrogen-bond donors (Lipinski definition) is 1. The van der Waals surface area contributed by atoms with Gasteiger partial charge in [0, 0.05) is 24.5 Å². The van der Waals surface area contributed by atoms with Crippen molar-refractivity contribution in [3.05, 3.63) is 16.1 Å². The minimum absolute atomic E-state index is 0.238. The third-order valence-electron chi connectivity index (χ3n) is 3.35. The molecule has 1 aromatic heterocycles. The lowest BCUT2D eigenvalue weighted by molar-refractivity contribution is -0.253. The van der Waals surface area contributed by atoms with Crippen LogP contribution in [0.1, 0.15) is 17.0 Å². The van der Waals surface area contributed by atoms with Gasteiger partial charge in [-0.1, -0.05) is 0 Å². The topological polar surface area (TPSA) is 36.4 Å². The molecule has 1 atom stereocenters. The number of aryl methyl sites for hydroxylation is 1. The summed E-state index contributed by atoms with van der Waals surface area (Å²) in [5.74, 6) is 0. The van der Waals surface area contributed by atoms with Gasteiger partial charge in [0.1, 0.15) is 0 Å². The fraction of sp³-hybridized carbons (Fsp3) is 0.727. The largest absolute Gasteiger partial charge is 0.418 e. The van der Waals surface area contributed by atoms with Crippen molar-refractivity contribution in [3.8, 4) is 0 Å². The maximum atomic E-state index is 12.6. The van der Waals surface area contributed by atoms with Gasteiger partial charge in [0.15, 0.2) is 5.60 Å². The zero-order chi connectivity index (χ0) is 13.4. The van der Waals surface area contributed by atoms with Crippen LogP contribution in [-0.4, -0.2) is 46.4 Å². The lowest BCUT2D eigenvalue weighted by Gasteiger charge is -2.26. The van der Waals surface area contributed by atoms with E-state index < -0.39 is 11.8 Å². The Morgan fingerprint density at radius 3 is 2.78 bits per heavy atom. The van der Waals surface area contributed by atoms with E-state index in [2.05, 4.69) is 4.98 Å². The third-order valence-corrected chi connectivity index (χ3v) is 4.35. The van der Waals surface area contributed by atoms with Crippen molar-refractivity contribution in [2.75, 3.05) is 19.6 Å². The minimum Gasteiger partial charge on any atom is -0.379 e. The van der Waals surface area contributed by atoms with Crippen molar-refractivity contribution in [2.24, 2.45) is 0 Å². The van der Waals surface area contributed by atoms with E-state index in [-0.39, 0.29) is 19.5 Å². The van der Waals surface area contributed by atoms with Crippen LogP contribution in [0.3, 0.4) is 0 Å². The molecule has 0 amide bonds. The molecule has 1 unspecified atom stereocenters. The van der Waals surface area contributed by atoms with Gasteiger partial charge in [0.2, 0.25) is 0 Å². The van der Waals surface area contributed by atoms with Crippen LogP contribution in [0.5, 0.6) is 0 Å². The zero-order valence-electron chi connectivity index (χ0n) is 10.00. The van der Waals surface area contributed by atoms with E-state index in [4.69, 9.17) is 0 Å². The summed E-state index contributed by atoms with van der Waals surface area (Å²) in [6.45, 7) is 2.38. The Kier molecular flexibility index (Phi) is 3.66. The molecule has 0 aliphatic carbocycles. The Hall–Kier alpha value is -0.660. The first-order valence-electron chi connectivity index (χ1n) is 5.72. The van der Waals surface area contributed by atoms with Crippen LogP contribution in [0.4, 0.5) is 13.2 Å². The third kappa shape index (κ3) is 2.67. The highest BCUT2D eigenvalue weighted by Crippen LogP contribution is 2.37. The molecule has 7 heteroatoms. The molecular weight excluding hydrogens is 265 g/mol. The lowest BCUT2D eigenvalue weighted by Crippen LogP contribution is -2.47. The number of nitrogens with zero attached hydrogens (tertiary/aromatic N) is 2. The summed E-state index contributed by atoms with van der Waals surface area (Å²) in [6.07, 6.45) is -4.09. The van der Waals surface area contributed by atoms with Gasteiger partial charge in [-0.2, -0.15) is 13.2 Å². The first kappa shape index (κ1) is 13.8. The van der Waals surface area contributed by atoms with Gasteiger partial charge >= 0.3 is 6.18 Å². The second kappa shape index (κ2) is 4.79. The molecular formula is C11H15F3N2OS. The smallest absolute Gasteiger partial charge is 0.379 e. The highest BCUT2D eigenvalue weighted by atomic mass is 32.1. The van der Waals surface area contributed by atoms with Crippen LogP contribution in [0.15, 0.2) is 5.51 Å². The maximum absolute atomic E-state index is 12.6. The van der Waals surface area contributed by atoms with E-state index in [0.717, 1.165) is 10.6 Å². The number of thiazole rings is 1. The highest BCUT2D eigenvalue weighted by molar-refractivity contribution is 7.09. The van der Waals surface area contributed by atoms with Crippen molar-refractivity contribution in [2.45, 2.75) is 31.5 Å². The summed E-state index contributed by atoms with van der Waals surface area (Å²) >= 11 is 1.52. The Morgan fingerprint density at radius 2 is 2.28 bits per heavy atom. The summed E-state index contributed by atoms with van der Waals surface area (Å²) in [5, 5.41) is 9.53. The predicted octanol–water partition coefficient (Wildman–Crippen LogP) is 1.99. The fourth-order valence-electron chi connectivity index (χ4n) is 2.12. The standard InChI is InChI=1S/C11H15F3N2OS/c1-8-9(18-7-15-8)2-4-16-5-3-10(17,6-16)11(12,13)14/h7,17H,2-6H2,1H3. The number of likely N-dealkylation sites (tertiary alicyclic amines) is 1. The molecule has 2 heterocycles. The Labute approximate surface area is 107 Å². The van der Waals surface area contributed by atoms with E-state index >= 15 is 0 Å². The molecule has 0 saturated carbocycles. The summed E-state index contributed by atoms with van der Waals surface area (Å²) < 4.78 is 37.8. The molecule has 1 saturated heterocycles. The van der Waals surface area contributed by atoms with Gasteiger partial charge in [0.25, 0.3) is 0 Å². The number of hydrogen-bond acceptors (Lipinski definition) is 4. The summed E-state index contributed by atoms with van der Waals surface area (Å²) in [5.41, 5.74) is 0.140. The van der Waals surface area contributed by atoms with Crippen LogP contribution in [0.2, 0.25) is 0 Å². The molecule has 0 radical (unpaired) electrons. The Morgan fingerprint density at radius 1 is 1.56 bits per heavy atom. The molecule has 0 aromatic carbocycles. The van der Waals surface area contributed by atoms with Crippen LogP contribution >= 0.6 is 11.3 Å². The monoisotopic (exact) mass is 280 g/mol. The molecule has 102 valence electrons. The van der Waals surface area contributed by atoms with Crippen molar-refractivity contribution in [1.82, 2.24) is 9.88 Å². The van der Waals surface area contributed by atoms with Gasteiger partial charge in [-0.15, -0.1) is 11.3 Å². The van der Waals surface area contributed by atoms with Crippen molar-refractivity contribution < 1.29 is 18.3 Å². The number of alkyl halides is 3. The molecule has 1 N–H and O–H groups in total. The van der Waals surface area contributed by atoms with Crippen LogP contribution in [-0.2, 0) is 6.42 Å². The van der Waals surface area contributed by atoms with Crippen molar-refractivity contribution in [3.63, 3.8) is 0 Å². The number of aromatic nitrogens is 1. The zero-order valence-corrected chi connectivity index (χ0v) is 10.8. The van der Waals surface area contributed by atoms with E-state index in [1.165, 1.54) is 11.3 Å². The van der Waals surface area contributed by atoms with Gasteiger partial charge < -0.3 is 5.11 Å². The second-order valence-electron chi connectivity index (χ2n) is 4.67. The number of aliphatic hydroxyl groups is 1. The summed E-state index contributed by atoms with van der Waals surface area (Å²) in [7, 11) is 0.